The average Bonchev–Trinajstić information content (AvgIpc) is 3.10. The first kappa shape index (κ1) is 20.4. The smallest absolute Gasteiger partial charge is 0.350 e. The third kappa shape index (κ3) is 4.75. The van der Waals surface area contributed by atoms with E-state index < -0.39 is 11.9 Å². The summed E-state index contributed by atoms with van der Waals surface area (Å²) in [4.78, 5) is 28.6. The van der Waals surface area contributed by atoms with E-state index in [2.05, 4.69) is 15.2 Å². The Bertz CT molecular complexity index is 1080. The Labute approximate surface area is 171 Å². The van der Waals surface area contributed by atoms with Crippen LogP contribution < -0.4 is 5.73 Å². The van der Waals surface area contributed by atoms with E-state index in [1.807, 2.05) is 30.3 Å². The van der Waals surface area contributed by atoms with Gasteiger partial charge >= 0.3 is 11.9 Å². The number of rotatable bonds is 7. The highest BCUT2D eigenvalue weighted by Crippen LogP contribution is 2.34. The van der Waals surface area contributed by atoms with Crippen LogP contribution in [-0.2, 0) is 20.7 Å². The van der Waals surface area contributed by atoms with Crippen molar-refractivity contribution in [1.29, 1.82) is 0 Å². The third-order valence-corrected chi connectivity index (χ3v) is 4.89. The maximum absolute atomic E-state index is 12.2. The number of nitrogens with two attached hydrogens (primary N) is 1. The first-order chi connectivity index (χ1) is 14.0. The number of aromatic nitrogens is 1. The van der Waals surface area contributed by atoms with Gasteiger partial charge in [-0.2, -0.15) is 0 Å². The van der Waals surface area contributed by atoms with E-state index in [9.17, 15) is 9.59 Å². The van der Waals surface area contributed by atoms with Gasteiger partial charge < -0.3 is 15.2 Å². The van der Waals surface area contributed by atoms with Crippen molar-refractivity contribution in [2.75, 3.05) is 18.9 Å². The molecule has 0 aliphatic heterocycles. The first-order valence-corrected chi connectivity index (χ1v) is 9.86. The third-order valence-electron chi connectivity index (χ3n) is 3.93. The lowest BCUT2D eigenvalue weighted by molar-refractivity contribution is -0.142. The van der Waals surface area contributed by atoms with Crippen molar-refractivity contribution in [1.82, 2.24) is 4.98 Å². The molecule has 0 aliphatic rings. The molecule has 3 aromatic rings. The number of anilines is 1. The molecule has 150 valence electrons. The molecule has 1 aromatic heterocycles. The SMILES string of the molecule is CCOC(=O)Cc1nc(N=Nc2c(N)ccc3ccccc23)sc1C(=O)OCC. The number of hydrogen-bond donors (Lipinski definition) is 1. The van der Waals surface area contributed by atoms with Crippen molar-refractivity contribution in [3.63, 3.8) is 0 Å². The molecule has 0 radical (unpaired) electrons. The zero-order valence-electron chi connectivity index (χ0n) is 16.0. The summed E-state index contributed by atoms with van der Waals surface area (Å²) in [7, 11) is 0. The van der Waals surface area contributed by atoms with Crippen molar-refractivity contribution in [3.8, 4) is 0 Å². The van der Waals surface area contributed by atoms with Gasteiger partial charge in [0.2, 0.25) is 5.13 Å². The highest BCUT2D eigenvalue weighted by atomic mass is 32.1. The largest absolute Gasteiger partial charge is 0.466 e. The molecule has 3 rings (SSSR count). The summed E-state index contributed by atoms with van der Waals surface area (Å²) < 4.78 is 10.00. The van der Waals surface area contributed by atoms with E-state index in [0.717, 1.165) is 22.1 Å². The maximum Gasteiger partial charge on any atom is 0.350 e. The minimum atomic E-state index is -0.560. The first-order valence-electron chi connectivity index (χ1n) is 9.04. The van der Waals surface area contributed by atoms with Gasteiger partial charge in [0.15, 0.2) is 0 Å². The number of hydrogen-bond acceptors (Lipinski definition) is 9. The quantitative estimate of drug-likeness (QED) is 0.345. The Hall–Kier alpha value is -3.33. The molecule has 2 N–H and O–H groups in total. The lowest BCUT2D eigenvalue weighted by Crippen LogP contribution is -2.12. The van der Waals surface area contributed by atoms with E-state index >= 15 is 0 Å². The van der Waals surface area contributed by atoms with Gasteiger partial charge in [-0.1, -0.05) is 41.7 Å². The van der Waals surface area contributed by atoms with Gasteiger partial charge in [-0.3, -0.25) is 4.79 Å². The molecule has 0 saturated carbocycles. The number of fused-ring (bicyclic) bond motifs is 1. The Morgan fingerprint density at radius 1 is 1.07 bits per heavy atom. The predicted octanol–water partition coefficient (Wildman–Crippen LogP) is 4.58. The number of carbonyl (C=O) groups excluding carboxylic acids is 2. The molecule has 0 aliphatic carbocycles. The number of esters is 2. The van der Waals surface area contributed by atoms with Gasteiger partial charge in [0.25, 0.3) is 0 Å². The summed E-state index contributed by atoms with van der Waals surface area (Å²) in [6.07, 6.45) is -0.148. The number of benzene rings is 2. The zero-order valence-corrected chi connectivity index (χ0v) is 16.9. The van der Waals surface area contributed by atoms with Crippen molar-refractivity contribution < 1.29 is 19.1 Å². The Morgan fingerprint density at radius 2 is 1.83 bits per heavy atom. The second-order valence-electron chi connectivity index (χ2n) is 5.90. The fraction of sp³-hybridized carbons (Fsp3) is 0.250. The van der Waals surface area contributed by atoms with Crippen molar-refractivity contribution in [2.45, 2.75) is 20.3 Å². The van der Waals surface area contributed by atoms with E-state index in [1.165, 1.54) is 0 Å². The molecule has 0 spiro atoms. The molecule has 0 saturated heterocycles. The Morgan fingerprint density at radius 3 is 2.59 bits per heavy atom. The second kappa shape index (κ2) is 9.24. The normalized spacial score (nSPS) is 11.1. The van der Waals surface area contributed by atoms with Crippen molar-refractivity contribution in [2.24, 2.45) is 10.2 Å². The molecule has 8 nitrogen and oxygen atoms in total. The Balaban J connectivity index is 1.96. The van der Waals surface area contributed by atoms with Gasteiger partial charge in [0.1, 0.15) is 10.6 Å². The monoisotopic (exact) mass is 412 g/mol. The van der Waals surface area contributed by atoms with E-state index in [-0.39, 0.29) is 35.3 Å². The fourth-order valence-corrected chi connectivity index (χ4v) is 3.48. The van der Waals surface area contributed by atoms with E-state index in [0.29, 0.717) is 11.4 Å². The van der Waals surface area contributed by atoms with Crippen LogP contribution in [0.15, 0.2) is 46.6 Å². The van der Waals surface area contributed by atoms with Crippen LogP contribution in [-0.4, -0.2) is 30.1 Å². The molecule has 0 unspecified atom stereocenters. The van der Waals surface area contributed by atoms with Crippen LogP contribution in [0.2, 0.25) is 0 Å². The second-order valence-corrected chi connectivity index (χ2v) is 6.88. The molecule has 0 amide bonds. The molecular formula is C20H20N4O4S. The van der Waals surface area contributed by atoms with Gasteiger partial charge in [-0.05, 0) is 25.3 Å². The van der Waals surface area contributed by atoms with E-state index in [4.69, 9.17) is 15.2 Å². The van der Waals surface area contributed by atoms with Crippen LogP contribution in [0.25, 0.3) is 10.8 Å². The molecule has 29 heavy (non-hydrogen) atoms. The summed E-state index contributed by atoms with van der Waals surface area (Å²) in [6.45, 7) is 3.86. The van der Waals surface area contributed by atoms with Crippen LogP contribution in [0.3, 0.4) is 0 Å². The molecule has 9 heteroatoms. The van der Waals surface area contributed by atoms with Gasteiger partial charge in [0.05, 0.1) is 31.0 Å². The maximum atomic E-state index is 12.2. The van der Waals surface area contributed by atoms with Crippen LogP contribution >= 0.6 is 11.3 Å². The van der Waals surface area contributed by atoms with Crippen LogP contribution in [0.4, 0.5) is 16.5 Å². The van der Waals surface area contributed by atoms with Crippen LogP contribution in [0.5, 0.6) is 0 Å². The lowest BCUT2D eigenvalue weighted by Gasteiger charge is -2.03. The fourth-order valence-electron chi connectivity index (χ4n) is 2.68. The molecule has 0 bridgehead atoms. The summed E-state index contributed by atoms with van der Waals surface area (Å²) in [5.41, 5.74) is 7.31. The molecule has 2 aromatic carbocycles. The number of azo groups is 1. The standard InChI is InChI=1S/C20H20N4O4S/c1-3-27-16(25)11-15-18(19(26)28-4-2)29-20(22-15)24-23-17-13-8-6-5-7-12(13)9-10-14(17)21/h5-10H,3-4,11,21H2,1-2H3. The Kier molecular flexibility index (Phi) is 6.50. The topological polar surface area (TPSA) is 116 Å². The zero-order chi connectivity index (χ0) is 20.8. The molecule has 1 heterocycles. The summed E-state index contributed by atoms with van der Waals surface area (Å²) in [6, 6.07) is 11.3. The number of nitrogens with zero attached hydrogens (tertiary/aromatic N) is 3. The number of carbonyl (C=O) groups is 2. The summed E-state index contributed by atoms with van der Waals surface area (Å²) in [5.74, 6) is -1.04. The highest BCUT2D eigenvalue weighted by Gasteiger charge is 2.22. The minimum Gasteiger partial charge on any atom is -0.466 e. The molecular weight excluding hydrogens is 392 g/mol. The van der Waals surface area contributed by atoms with Crippen molar-refractivity contribution in [3.05, 3.63) is 47.0 Å². The van der Waals surface area contributed by atoms with Crippen LogP contribution in [0.1, 0.15) is 29.2 Å². The van der Waals surface area contributed by atoms with Gasteiger partial charge in [-0.15, -0.1) is 10.2 Å². The summed E-state index contributed by atoms with van der Waals surface area (Å²) >= 11 is 1.00. The van der Waals surface area contributed by atoms with E-state index in [1.54, 1.807) is 19.9 Å². The number of ether oxygens (including phenoxy) is 2. The van der Waals surface area contributed by atoms with Crippen LogP contribution in [0, 0.1) is 0 Å². The number of thiazole rings is 1. The molecule has 0 fully saturated rings. The van der Waals surface area contributed by atoms with Gasteiger partial charge in [-0.25, -0.2) is 9.78 Å². The summed E-state index contributed by atoms with van der Waals surface area (Å²) in [5, 5.41) is 10.5. The molecule has 0 atom stereocenters. The lowest BCUT2D eigenvalue weighted by atomic mass is 10.1. The predicted molar refractivity (Wildman–Crippen MR) is 111 cm³/mol. The minimum absolute atomic E-state index is 0.148. The number of nitrogen functional groups attached to an aromatic ring is 1. The highest BCUT2D eigenvalue weighted by molar-refractivity contribution is 7.17. The van der Waals surface area contributed by atoms with Crippen molar-refractivity contribution >= 4 is 50.6 Å². The average molecular weight is 412 g/mol. The van der Waals surface area contributed by atoms with Gasteiger partial charge in [0, 0.05) is 5.39 Å².